The summed E-state index contributed by atoms with van der Waals surface area (Å²) in [5.74, 6) is -0.217. The quantitative estimate of drug-likeness (QED) is 0.489. The number of hydrogen-bond acceptors (Lipinski definition) is 5. The van der Waals surface area contributed by atoms with Crippen LogP contribution in [0.4, 0.5) is 11.4 Å². The SMILES string of the molecule is Cc1cc(C(=O)Nc2ccc(N[C@H](C)c3ccccc3)cc2)c2c(C)noc2n1. The zero-order valence-corrected chi connectivity index (χ0v) is 16.6. The third kappa shape index (κ3) is 3.96. The van der Waals surface area contributed by atoms with Crippen molar-refractivity contribution in [1.29, 1.82) is 0 Å². The Morgan fingerprint density at radius 1 is 1.00 bits per heavy atom. The minimum absolute atomic E-state index is 0.182. The third-order valence-corrected chi connectivity index (χ3v) is 4.82. The van der Waals surface area contributed by atoms with Gasteiger partial charge in [0.25, 0.3) is 11.6 Å². The fraction of sp³-hybridized carbons (Fsp3) is 0.174. The van der Waals surface area contributed by atoms with Crippen molar-refractivity contribution in [3.8, 4) is 0 Å². The maximum Gasteiger partial charge on any atom is 0.258 e. The zero-order valence-electron chi connectivity index (χ0n) is 16.6. The number of pyridine rings is 1. The van der Waals surface area contributed by atoms with Crippen LogP contribution in [0.2, 0.25) is 0 Å². The molecule has 0 fully saturated rings. The van der Waals surface area contributed by atoms with Crippen LogP contribution in [0.25, 0.3) is 11.1 Å². The molecule has 4 rings (SSSR count). The largest absolute Gasteiger partial charge is 0.379 e. The Labute approximate surface area is 168 Å². The van der Waals surface area contributed by atoms with Gasteiger partial charge in [0.2, 0.25) is 0 Å². The van der Waals surface area contributed by atoms with Crippen molar-refractivity contribution in [2.75, 3.05) is 10.6 Å². The molecule has 0 unspecified atom stereocenters. The Hall–Kier alpha value is -3.67. The standard InChI is InChI=1S/C23H22N4O2/c1-14-13-20(21-16(3)27-29-23(21)24-14)22(28)26-19-11-9-18(10-12-19)25-15(2)17-7-5-4-6-8-17/h4-13,15,25H,1-3H3,(H,26,28)/t15-/m1/s1. The van der Waals surface area contributed by atoms with Crippen LogP contribution < -0.4 is 10.6 Å². The molecule has 0 aliphatic rings. The first-order valence-electron chi connectivity index (χ1n) is 9.48. The number of benzene rings is 2. The molecule has 0 saturated carbocycles. The predicted molar refractivity (Wildman–Crippen MR) is 114 cm³/mol. The number of aryl methyl sites for hydroxylation is 2. The summed E-state index contributed by atoms with van der Waals surface area (Å²) in [6.07, 6.45) is 0. The van der Waals surface area contributed by atoms with Gasteiger partial charge in [-0.1, -0.05) is 35.5 Å². The van der Waals surface area contributed by atoms with Gasteiger partial charge >= 0.3 is 0 Å². The molecule has 1 atom stereocenters. The Morgan fingerprint density at radius 2 is 1.69 bits per heavy atom. The second-order valence-electron chi connectivity index (χ2n) is 7.07. The number of aromatic nitrogens is 2. The molecule has 4 aromatic rings. The summed E-state index contributed by atoms with van der Waals surface area (Å²) in [6, 6.07) is 19.8. The smallest absolute Gasteiger partial charge is 0.258 e. The van der Waals surface area contributed by atoms with Crippen LogP contribution in [0, 0.1) is 13.8 Å². The van der Waals surface area contributed by atoms with Crippen LogP contribution >= 0.6 is 0 Å². The maximum atomic E-state index is 12.9. The van der Waals surface area contributed by atoms with E-state index in [1.165, 1.54) is 5.56 Å². The molecule has 2 heterocycles. The molecular formula is C23H22N4O2. The number of rotatable bonds is 5. The summed E-state index contributed by atoms with van der Waals surface area (Å²) < 4.78 is 5.21. The number of carbonyl (C=O) groups excluding carboxylic acids is 1. The lowest BCUT2D eigenvalue weighted by atomic mass is 10.1. The molecule has 29 heavy (non-hydrogen) atoms. The molecule has 0 spiro atoms. The summed E-state index contributed by atoms with van der Waals surface area (Å²) >= 11 is 0. The summed E-state index contributed by atoms with van der Waals surface area (Å²) in [5.41, 5.74) is 5.14. The molecule has 6 heteroatoms. The molecule has 0 aliphatic heterocycles. The number of carbonyl (C=O) groups is 1. The molecular weight excluding hydrogens is 364 g/mol. The van der Waals surface area contributed by atoms with E-state index in [0.717, 1.165) is 5.69 Å². The third-order valence-electron chi connectivity index (χ3n) is 4.82. The Bertz CT molecular complexity index is 1150. The van der Waals surface area contributed by atoms with Crippen LogP contribution in [0.5, 0.6) is 0 Å². The van der Waals surface area contributed by atoms with Gasteiger partial charge in [0, 0.05) is 23.1 Å². The average Bonchev–Trinajstić information content (AvgIpc) is 3.10. The summed E-state index contributed by atoms with van der Waals surface area (Å²) in [7, 11) is 0. The summed E-state index contributed by atoms with van der Waals surface area (Å²) in [5, 5.41) is 11.0. The first-order chi connectivity index (χ1) is 14.0. The predicted octanol–water partition coefficient (Wildman–Crippen LogP) is 5.27. The first kappa shape index (κ1) is 18.7. The minimum atomic E-state index is -0.217. The molecule has 6 nitrogen and oxygen atoms in total. The van der Waals surface area contributed by atoms with Crippen LogP contribution in [0.15, 0.2) is 65.2 Å². The number of amides is 1. The van der Waals surface area contributed by atoms with E-state index in [9.17, 15) is 4.79 Å². The highest BCUT2D eigenvalue weighted by Crippen LogP contribution is 2.24. The van der Waals surface area contributed by atoms with Crippen molar-refractivity contribution in [2.45, 2.75) is 26.8 Å². The van der Waals surface area contributed by atoms with Gasteiger partial charge in [0.05, 0.1) is 16.6 Å². The molecule has 0 saturated heterocycles. The zero-order chi connectivity index (χ0) is 20.4. The van der Waals surface area contributed by atoms with E-state index >= 15 is 0 Å². The van der Waals surface area contributed by atoms with Gasteiger partial charge in [0.15, 0.2) is 0 Å². The van der Waals surface area contributed by atoms with Crippen molar-refractivity contribution in [3.05, 3.63) is 83.2 Å². The maximum absolute atomic E-state index is 12.9. The topological polar surface area (TPSA) is 80.0 Å². The number of fused-ring (bicyclic) bond motifs is 1. The highest BCUT2D eigenvalue weighted by Gasteiger charge is 2.18. The van der Waals surface area contributed by atoms with Gasteiger partial charge in [-0.3, -0.25) is 4.79 Å². The number of hydrogen-bond donors (Lipinski definition) is 2. The van der Waals surface area contributed by atoms with Crippen LogP contribution in [-0.4, -0.2) is 16.0 Å². The summed E-state index contributed by atoms with van der Waals surface area (Å²) in [4.78, 5) is 17.1. The molecule has 0 aliphatic carbocycles. The second-order valence-corrected chi connectivity index (χ2v) is 7.07. The van der Waals surface area contributed by atoms with Crippen molar-refractivity contribution in [2.24, 2.45) is 0 Å². The lowest BCUT2D eigenvalue weighted by molar-refractivity contribution is 0.102. The Kier molecular flexibility index (Phi) is 4.99. The van der Waals surface area contributed by atoms with Crippen molar-refractivity contribution < 1.29 is 9.32 Å². The van der Waals surface area contributed by atoms with E-state index in [2.05, 4.69) is 39.8 Å². The first-order valence-corrected chi connectivity index (χ1v) is 9.48. The van der Waals surface area contributed by atoms with Crippen LogP contribution in [0.1, 0.15) is 40.3 Å². The molecule has 1 amide bonds. The highest BCUT2D eigenvalue weighted by molar-refractivity contribution is 6.12. The van der Waals surface area contributed by atoms with E-state index < -0.39 is 0 Å². The van der Waals surface area contributed by atoms with Crippen LogP contribution in [-0.2, 0) is 0 Å². The fourth-order valence-corrected chi connectivity index (χ4v) is 3.32. The van der Waals surface area contributed by atoms with Gasteiger partial charge in [-0.25, -0.2) is 4.98 Å². The highest BCUT2D eigenvalue weighted by atomic mass is 16.5. The number of nitrogens with one attached hydrogen (secondary N) is 2. The van der Waals surface area contributed by atoms with Crippen molar-refractivity contribution in [1.82, 2.24) is 10.1 Å². The molecule has 2 aromatic carbocycles. The number of anilines is 2. The monoisotopic (exact) mass is 386 g/mol. The van der Waals surface area contributed by atoms with E-state index in [1.54, 1.807) is 13.0 Å². The molecule has 2 aromatic heterocycles. The van der Waals surface area contributed by atoms with Gasteiger partial charge in [0.1, 0.15) is 0 Å². The average molecular weight is 386 g/mol. The van der Waals surface area contributed by atoms with Gasteiger partial charge in [-0.15, -0.1) is 0 Å². The number of nitrogens with zero attached hydrogens (tertiary/aromatic N) is 2. The van der Waals surface area contributed by atoms with E-state index in [-0.39, 0.29) is 11.9 Å². The molecule has 0 bridgehead atoms. The minimum Gasteiger partial charge on any atom is -0.379 e. The van der Waals surface area contributed by atoms with Crippen molar-refractivity contribution in [3.63, 3.8) is 0 Å². The van der Waals surface area contributed by atoms with Gasteiger partial charge in [-0.2, -0.15) is 0 Å². The fourth-order valence-electron chi connectivity index (χ4n) is 3.32. The van der Waals surface area contributed by atoms with Gasteiger partial charge in [-0.05, 0) is 56.7 Å². The van der Waals surface area contributed by atoms with E-state index in [0.29, 0.717) is 33.7 Å². The second kappa shape index (κ2) is 7.75. The lowest BCUT2D eigenvalue weighted by Crippen LogP contribution is -2.13. The normalized spacial score (nSPS) is 12.0. The van der Waals surface area contributed by atoms with Crippen LogP contribution in [0.3, 0.4) is 0 Å². The summed E-state index contributed by atoms with van der Waals surface area (Å²) in [6.45, 7) is 5.74. The lowest BCUT2D eigenvalue weighted by Gasteiger charge is -2.16. The Balaban J connectivity index is 1.49. The molecule has 2 N–H and O–H groups in total. The molecule has 146 valence electrons. The Morgan fingerprint density at radius 3 is 2.41 bits per heavy atom. The van der Waals surface area contributed by atoms with Gasteiger partial charge < -0.3 is 15.2 Å². The van der Waals surface area contributed by atoms with E-state index in [1.807, 2.05) is 49.4 Å². The molecule has 0 radical (unpaired) electrons. The van der Waals surface area contributed by atoms with Crippen molar-refractivity contribution >= 4 is 28.4 Å². The van der Waals surface area contributed by atoms with E-state index in [4.69, 9.17) is 4.52 Å².